The molecule has 4 rings (SSSR count). The highest BCUT2D eigenvalue weighted by molar-refractivity contribution is 5.82. The van der Waals surface area contributed by atoms with Gasteiger partial charge in [0.05, 0.1) is 11.6 Å². The highest BCUT2D eigenvalue weighted by atomic mass is 19.1. The molecule has 0 radical (unpaired) electrons. The van der Waals surface area contributed by atoms with Crippen molar-refractivity contribution >= 4 is 17.5 Å². The maximum Gasteiger partial charge on any atom is 0.226 e. The second-order valence-electron chi connectivity index (χ2n) is 8.71. The van der Waals surface area contributed by atoms with E-state index in [4.69, 9.17) is 0 Å². The van der Waals surface area contributed by atoms with Crippen LogP contribution in [0.1, 0.15) is 38.4 Å². The summed E-state index contributed by atoms with van der Waals surface area (Å²) in [5.74, 6) is 1.56. The monoisotopic (exact) mass is 413 g/mol. The average molecular weight is 413 g/mol. The summed E-state index contributed by atoms with van der Waals surface area (Å²) in [6.07, 6.45) is 2.75. The number of carbonyl (C=O) groups excluding carboxylic acids is 1. The van der Waals surface area contributed by atoms with Crippen LogP contribution in [0.15, 0.2) is 36.7 Å². The molecule has 2 heterocycles. The zero-order chi connectivity index (χ0) is 21.3. The third-order valence-corrected chi connectivity index (χ3v) is 5.80. The van der Waals surface area contributed by atoms with Crippen molar-refractivity contribution in [2.24, 2.45) is 5.92 Å². The van der Waals surface area contributed by atoms with E-state index in [0.29, 0.717) is 24.5 Å². The standard InChI is InChI=1S/C22H28FN5O2/c1-22(2)13-27(9-10-28(22)21(30)16-3-4-16)20-11-19(25-14-26-20)24-12-18(29)15-5-7-17(23)8-6-15/h5-8,11,14,16,18,29H,3-4,9-10,12-13H2,1-2H3,(H,24,25,26). The zero-order valence-corrected chi connectivity index (χ0v) is 17.4. The van der Waals surface area contributed by atoms with Gasteiger partial charge in [0.2, 0.25) is 5.91 Å². The lowest BCUT2D eigenvalue weighted by Gasteiger charge is -2.47. The Kier molecular flexibility index (Phi) is 5.60. The normalized spacial score (nSPS) is 19.5. The molecule has 2 N–H and O–H groups in total. The number of aliphatic hydroxyl groups is 1. The third kappa shape index (κ3) is 4.53. The van der Waals surface area contributed by atoms with Crippen LogP contribution in [0.5, 0.6) is 0 Å². The topological polar surface area (TPSA) is 81.6 Å². The molecular formula is C22H28FN5O2. The minimum absolute atomic E-state index is 0.221. The second kappa shape index (κ2) is 8.18. The van der Waals surface area contributed by atoms with E-state index in [-0.39, 0.29) is 29.7 Å². The van der Waals surface area contributed by atoms with Gasteiger partial charge in [-0.25, -0.2) is 14.4 Å². The van der Waals surface area contributed by atoms with Gasteiger partial charge in [0.25, 0.3) is 0 Å². The number of anilines is 2. The summed E-state index contributed by atoms with van der Waals surface area (Å²) in [6, 6.07) is 7.65. The minimum Gasteiger partial charge on any atom is -0.387 e. The first-order chi connectivity index (χ1) is 14.3. The number of aliphatic hydroxyl groups excluding tert-OH is 1. The van der Waals surface area contributed by atoms with E-state index in [1.165, 1.54) is 18.5 Å². The molecule has 8 heteroatoms. The first-order valence-corrected chi connectivity index (χ1v) is 10.4. The highest BCUT2D eigenvalue weighted by Crippen LogP contribution is 2.35. The van der Waals surface area contributed by atoms with Crippen LogP contribution in [0.3, 0.4) is 0 Å². The van der Waals surface area contributed by atoms with Gasteiger partial charge < -0.3 is 20.2 Å². The van der Waals surface area contributed by atoms with Gasteiger partial charge >= 0.3 is 0 Å². The van der Waals surface area contributed by atoms with Crippen molar-refractivity contribution in [1.29, 1.82) is 0 Å². The molecule has 2 aromatic rings. The van der Waals surface area contributed by atoms with E-state index in [0.717, 1.165) is 25.2 Å². The predicted octanol–water partition coefficient (Wildman–Crippen LogP) is 2.60. The van der Waals surface area contributed by atoms with Gasteiger partial charge in [-0.1, -0.05) is 12.1 Å². The van der Waals surface area contributed by atoms with Crippen molar-refractivity contribution in [2.75, 3.05) is 36.4 Å². The summed E-state index contributed by atoms with van der Waals surface area (Å²) in [5.41, 5.74) is 0.367. The number of nitrogens with one attached hydrogen (secondary N) is 1. The number of nitrogens with zero attached hydrogens (tertiary/aromatic N) is 4. The number of hydrogen-bond donors (Lipinski definition) is 2. The minimum atomic E-state index is -0.778. The van der Waals surface area contributed by atoms with E-state index >= 15 is 0 Å². The molecule has 1 aliphatic heterocycles. The fraction of sp³-hybridized carbons (Fsp3) is 0.500. The molecule has 2 aliphatic rings. The van der Waals surface area contributed by atoms with Crippen LogP contribution in [0.4, 0.5) is 16.0 Å². The first-order valence-electron chi connectivity index (χ1n) is 10.4. The number of benzene rings is 1. The second-order valence-corrected chi connectivity index (χ2v) is 8.71. The third-order valence-electron chi connectivity index (χ3n) is 5.80. The molecule has 30 heavy (non-hydrogen) atoms. The summed E-state index contributed by atoms with van der Waals surface area (Å²) in [5, 5.41) is 13.4. The summed E-state index contributed by atoms with van der Waals surface area (Å²) in [4.78, 5) is 25.4. The van der Waals surface area contributed by atoms with Gasteiger partial charge in [0.1, 0.15) is 23.8 Å². The van der Waals surface area contributed by atoms with Crippen molar-refractivity contribution in [1.82, 2.24) is 14.9 Å². The Bertz CT molecular complexity index is 901. The van der Waals surface area contributed by atoms with Crippen LogP contribution in [-0.2, 0) is 4.79 Å². The first kappa shape index (κ1) is 20.5. The molecule has 1 unspecified atom stereocenters. The fourth-order valence-electron chi connectivity index (χ4n) is 3.93. The molecule has 1 aromatic carbocycles. The number of carbonyl (C=O) groups is 1. The number of piperazine rings is 1. The lowest BCUT2D eigenvalue weighted by atomic mass is 9.98. The molecule has 1 saturated heterocycles. The summed E-state index contributed by atoms with van der Waals surface area (Å²) in [7, 11) is 0. The molecule has 160 valence electrons. The molecular weight excluding hydrogens is 385 g/mol. The van der Waals surface area contributed by atoms with Crippen LogP contribution in [0, 0.1) is 11.7 Å². The van der Waals surface area contributed by atoms with Crippen LogP contribution >= 0.6 is 0 Å². The Morgan fingerprint density at radius 1 is 1.27 bits per heavy atom. The molecule has 1 aromatic heterocycles. The number of rotatable bonds is 6. The summed E-state index contributed by atoms with van der Waals surface area (Å²) >= 11 is 0. The lowest BCUT2D eigenvalue weighted by molar-refractivity contribution is -0.138. The van der Waals surface area contributed by atoms with Crippen LogP contribution in [0.25, 0.3) is 0 Å². The summed E-state index contributed by atoms with van der Waals surface area (Å²) in [6.45, 7) is 6.53. The molecule has 7 nitrogen and oxygen atoms in total. The van der Waals surface area contributed by atoms with Gasteiger partial charge in [-0.2, -0.15) is 0 Å². The van der Waals surface area contributed by atoms with E-state index in [2.05, 4.69) is 34.0 Å². The van der Waals surface area contributed by atoms with Crippen molar-refractivity contribution in [2.45, 2.75) is 38.3 Å². The van der Waals surface area contributed by atoms with Crippen molar-refractivity contribution in [3.8, 4) is 0 Å². The van der Waals surface area contributed by atoms with Crippen molar-refractivity contribution in [3.05, 3.63) is 48.0 Å². The molecule has 1 aliphatic carbocycles. The zero-order valence-electron chi connectivity index (χ0n) is 17.4. The SMILES string of the molecule is CC1(C)CN(c2cc(NCC(O)c3ccc(F)cc3)ncn2)CCN1C(=O)C1CC1. The number of halogens is 1. The quantitative estimate of drug-likeness (QED) is 0.758. The van der Waals surface area contributed by atoms with Crippen molar-refractivity contribution in [3.63, 3.8) is 0 Å². The van der Waals surface area contributed by atoms with Gasteiger partial charge in [-0.05, 0) is 44.4 Å². The molecule has 0 bridgehead atoms. The highest BCUT2D eigenvalue weighted by Gasteiger charge is 2.42. The lowest BCUT2D eigenvalue weighted by Crippen LogP contribution is -2.61. The number of aromatic nitrogens is 2. The van der Waals surface area contributed by atoms with Crippen LogP contribution in [-0.4, -0.2) is 57.6 Å². The van der Waals surface area contributed by atoms with E-state index in [9.17, 15) is 14.3 Å². The van der Waals surface area contributed by atoms with E-state index < -0.39 is 6.10 Å². The Labute approximate surface area is 175 Å². The summed E-state index contributed by atoms with van der Waals surface area (Å²) < 4.78 is 13.0. The average Bonchev–Trinajstić information content (AvgIpc) is 3.57. The maximum absolute atomic E-state index is 13.0. The molecule has 1 amide bonds. The number of amides is 1. The Morgan fingerprint density at radius 2 is 2.00 bits per heavy atom. The van der Waals surface area contributed by atoms with Gasteiger partial charge in [0, 0.05) is 38.2 Å². The number of hydrogen-bond acceptors (Lipinski definition) is 6. The Balaban J connectivity index is 1.38. The smallest absolute Gasteiger partial charge is 0.226 e. The predicted molar refractivity (Wildman–Crippen MR) is 113 cm³/mol. The van der Waals surface area contributed by atoms with Gasteiger partial charge in [-0.15, -0.1) is 0 Å². The van der Waals surface area contributed by atoms with Crippen molar-refractivity contribution < 1.29 is 14.3 Å². The van der Waals surface area contributed by atoms with Gasteiger partial charge in [0.15, 0.2) is 0 Å². The Morgan fingerprint density at radius 3 is 2.67 bits per heavy atom. The molecule has 2 fully saturated rings. The van der Waals surface area contributed by atoms with Crippen LogP contribution in [0.2, 0.25) is 0 Å². The fourth-order valence-corrected chi connectivity index (χ4v) is 3.93. The Hall–Kier alpha value is -2.74. The molecule has 1 saturated carbocycles. The van der Waals surface area contributed by atoms with E-state index in [1.807, 2.05) is 11.0 Å². The van der Waals surface area contributed by atoms with Gasteiger partial charge in [-0.3, -0.25) is 4.79 Å². The van der Waals surface area contributed by atoms with Crippen LogP contribution < -0.4 is 10.2 Å². The van der Waals surface area contributed by atoms with E-state index in [1.54, 1.807) is 12.1 Å². The molecule has 0 spiro atoms. The molecule has 1 atom stereocenters. The largest absolute Gasteiger partial charge is 0.387 e. The maximum atomic E-state index is 13.0.